The fraction of sp³-hybridized carbons (Fsp3) is 0.333. The normalized spacial score (nSPS) is 14.2. The van der Waals surface area contributed by atoms with Crippen LogP contribution in [0.25, 0.3) is 11.3 Å². The van der Waals surface area contributed by atoms with Crippen molar-refractivity contribution in [2.75, 3.05) is 32.6 Å². The van der Waals surface area contributed by atoms with Crippen LogP contribution in [0.3, 0.4) is 0 Å². The van der Waals surface area contributed by atoms with Gasteiger partial charge in [-0.25, -0.2) is 9.97 Å². The molecule has 8 nitrogen and oxygen atoms in total. The van der Waals surface area contributed by atoms with Gasteiger partial charge in [0.05, 0.1) is 36.4 Å². The van der Waals surface area contributed by atoms with E-state index in [1.165, 1.54) is 0 Å². The number of aromatic nitrogens is 3. The van der Waals surface area contributed by atoms with Crippen molar-refractivity contribution >= 4 is 11.6 Å². The summed E-state index contributed by atoms with van der Waals surface area (Å²) in [4.78, 5) is 15.3. The number of anilines is 2. The number of rotatable bonds is 7. The van der Waals surface area contributed by atoms with E-state index in [1.807, 2.05) is 44.6 Å². The summed E-state index contributed by atoms with van der Waals surface area (Å²) in [6, 6.07) is 11.7. The molecule has 164 valence electrons. The Kier molecular flexibility index (Phi) is 6.90. The van der Waals surface area contributed by atoms with Crippen LogP contribution in [-0.4, -0.2) is 53.3 Å². The molecule has 8 heteroatoms. The Balaban J connectivity index is 1.52. The molecule has 1 N–H and O–H groups in total. The number of hydrogen-bond acceptors (Lipinski definition) is 8. The van der Waals surface area contributed by atoms with Crippen LogP contribution in [0.15, 0.2) is 48.9 Å². The van der Waals surface area contributed by atoms with Gasteiger partial charge in [-0.05, 0) is 50.0 Å². The average molecular weight is 431 g/mol. The lowest BCUT2D eigenvalue weighted by Gasteiger charge is -2.23. The lowest BCUT2D eigenvalue weighted by molar-refractivity contribution is 0.0254. The van der Waals surface area contributed by atoms with Crippen molar-refractivity contribution in [2.24, 2.45) is 0 Å². The third kappa shape index (κ3) is 5.58. The quantitative estimate of drug-likeness (QED) is 0.605. The van der Waals surface area contributed by atoms with Gasteiger partial charge in [-0.3, -0.25) is 4.98 Å². The van der Waals surface area contributed by atoms with Crippen molar-refractivity contribution in [3.05, 3.63) is 60.0 Å². The zero-order chi connectivity index (χ0) is 22.3. The SMILES string of the molecule is CN(C)Cc1cncc(Nc2nccc(-c3ccc(OC4CCOCC4)c(C#N)c3)n2)c1. The van der Waals surface area contributed by atoms with Gasteiger partial charge >= 0.3 is 0 Å². The molecule has 0 saturated carbocycles. The molecule has 0 spiro atoms. The molecule has 1 aromatic carbocycles. The maximum absolute atomic E-state index is 9.65. The van der Waals surface area contributed by atoms with E-state index >= 15 is 0 Å². The fourth-order valence-electron chi connectivity index (χ4n) is 3.57. The summed E-state index contributed by atoms with van der Waals surface area (Å²) < 4.78 is 11.4. The Morgan fingerprint density at radius 2 is 2.03 bits per heavy atom. The van der Waals surface area contributed by atoms with Gasteiger partial charge in [0.1, 0.15) is 17.9 Å². The molecule has 1 aliphatic heterocycles. The highest BCUT2D eigenvalue weighted by Crippen LogP contribution is 2.28. The number of nitriles is 1. The Morgan fingerprint density at radius 1 is 1.19 bits per heavy atom. The second kappa shape index (κ2) is 10.2. The van der Waals surface area contributed by atoms with Crippen LogP contribution in [0.1, 0.15) is 24.0 Å². The molecule has 4 rings (SSSR count). The summed E-state index contributed by atoms with van der Waals surface area (Å²) in [6.45, 7) is 2.17. The van der Waals surface area contributed by atoms with Gasteiger partial charge in [-0.2, -0.15) is 5.26 Å². The number of pyridine rings is 1. The molecule has 0 unspecified atom stereocenters. The fourth-order valence-corrected chi connectivity index (χ4v) is 3.57. The zero-order valence-corrected chi connectivity index (χ0v) is 18.3. The maximum atomic E-state index is 9.65. The van der Waals surface area contributed by atoms with Crippen LogP contribution in [0.5, 0.6) is 5.75 Å². The molecule has 32 heavy (non-hydrogen) atoms. The van der Waals surface area contributed by atoms with Crippen molar-refractivity contribution in [3.63, 3.8) is 0 Å². The molecule has 0 radical (unpaired) electrons. The molecular weight excluding hydrogens is 404 g/mol. The third-order valence-corrected chi connectivity index (χ3v) is 5.06. The van der Waals surface area contributed by atoms with Crippen molar-refractivity contribution in [1.29, 1.82) is 5.26 Å². The molecule has 1 aliphatic rings. The molecule has 3 heterocycles. The number of ether oxygens (including phenoxy) is 2. The highest BCUT2D eigenvalue weighted by molar-refractivity contribution is 5.65. The van der Waals surface area contributed by atoms with E-state index < -0.39 is 0 Å². The number of hydrogen-bond donors (Lipinski definition) is 1. The smallest absolute Gasteiger partial charge is 0.227 e. The van der Waals surface area contributed by atoms with E-state index in [9.17, 15) is 5.26 Å². The molecule has 1 fully saturated rings. The van der Waals surface area contributed by atoms with Crippen molar-refractivity contribution < 1.29 is 9.47 Å². The minimum atomic E-state index is 0.0772. The zero-order valence-electron chi connectivity index (χ0n) is 18.3. The van der Waals surface area contributed by atoms with Crippen LogP contribution < -0.4 is 10.1 Å². The first-order valence-corrected chi connectivity index (χ1v) is 10.6. The predicted molar refractivity (Wildman–Crippen MR) is 122 cm³/mol. The van der Waals surface area contributed by atoms with Crippen LogP contribution in [0.4, 0.5) is 11.6 Å². The predicted octanol–water partition coefficient (Wildman–Crippen LogP) is 3.77. The van der Waals surface area contributed by atoms with Gasteiger partial charge in [-0.15, -0.1) is 0 Å². The van der Waals surface area contributed by atoms with E-state index in [2.05, 4.69) is 31.2 Å². The van der Waals surface area contributed by atoms with Crippen molar-refractivity contribution in [2.45, 2.75) is 25.5 Å². The number of nitrogens with one attached hydrogen (secondary N) is 1. The van der Waals surface area contributed by atoms with Crippen LogP contribution >= 0.6 is 0 Å². The molecular formula is C24H26N6O2. The second-order valence-corrected chi connectivity index (χ2v) is 7.96. The third-order valence-electron chi connectivity index (χ3n) is 5.06. The summed E-state index contributed by atoms with van der Waals surface area (Å²) in [5.41, 5.74) is 3.94. The molecule has 0 aliphatic carbocycles. The Hall–Kier alpha value is -3.54. The Morgan fingerprint density at radius 3 is 2.81 bits per heavy atom. The number of nitrogens with zero attached hydrogens (tertiary/aromatic N) is 5. The minimum absolute atomic E-state index is 0.0772. The lowest BCUT2D eigenvalue weighted by Crippen LogP contribution is -2.26. The first kappa shape index (κ1) is 21.7. The van der Waals surface area contributed by atoms with Crippen LogP contribution in [0.2, 0.25) is 0 Å². The Labute approximate surface area is 187 Å². The maximum Gasteiger partial charge on any atom is 0.227 e. The van der Waals surface area contributed by atoms with E-state index in [0.29, 0.717) is 36.2 Å². The highest BCUT2D eigenvalue weighted by atomic mass is 16.5. The molecule has 1 saturated heterocycles. The van der Waals surface area contributed by atoms with E-state index in [1.54, 1.807) is 18.5 Å². The summed E-state index contributed by atoms with van der Waals surface area (Å²) in [5.74, 6) is 1.06. The topological polar surface area (TPSA) is 96.2 Å². The summed E-state index contributed by atoms with van der Waals surface area (Å²) >= 11 is 0. The van der Waals surface area contributed by atoms with Gasteiger partial charge < -0.3 is 19.7 Å². The van der Waals surface area contributed by atoms with Crippen LogP contribution in [0, 0.1) is 11.3 Å². The van der Waals surface area contributed by atoms with Gasteiger partial charge in [-0.1, -0.05) is 0 Å². The molecule has 0 atom stereocenters. The summed E-state index contributed by atoms with van der Waals surface area (Å²) in [7, 11) is 4.03. The molecule has 0 amide bonds. The van der Waals surface area contributed by atoms with Gasteiger partial charge in [0.15, 0.2) is 0 Å². The summed E-state index contributed by atoms with van der Waals surface area (Å²) in [5, 5.41) is 12.9. The summed E-state index contributed by atoms with van der Waals surface area (Å²) in [6.07, 6.45) is 7.02. The highest BCUT2D eigenvalue weighted by Gasteiger charge is 2.17. The van der Waals surface area contributed by atoms with E-state index in [4.69, 9.17) is 9.47 Å². The first-order valence-electron chi connectivity index (χ1n) is 10.6. The second-order valence-electron chi connectivity index (χ2n) is 7.96. The van der Waals surface area contributed by atoms with E-state index in [-0.39, 0.29) is 6.10 Å². The van der Waals surface area contributed by atoms with Crippen molar-refractivity contribution in [1.82, 2.24) is 19.9 Å². The largest absolute Gasteiger partial charge is 0.489 e. The standard InChI is InChI=1S/C24H26N6O2/c1-30(2)16-17-11-20(15-26-14-17)28-24-27-8-5-22(29-24)18-3-4-23(19(12-18)13-25)32-21-6-9-31-10-7-21/h3-5,8,11-12,14-15,21H,6-7,9-10,16H2,1-2H3,(H,27,28,29). The van der Waals surface area contributed by atoms with Crippen molar-refractivity contribution in [3.8, 4) is 23.1 Å². The Bertz CT molecular complexity index is 1110. The van der Waals surface area contributed by atoms with Gasteiger partial charge in [0.25, 0.3) is 0 Å². The van der Waals surface area contributed by atoms with Gasteiger partial charge in [0.2, 0.25) is 5.95 Å². The van der Waals surface area contributed by atoms with Crippen LogP contribution in [-0.2, 0) is 11.3 Å². The first-order chi connectivity index (χ1) is 15.6. The van der Waals surface area contributed by atoms with E-state index in [0.717, 1.165) is 36.2 Å². The monoisotopic (exact) mass is 430 g/mol. The van der Waals surface area contributed by atoms with Gasteiger partial charge in [0, 0.05) is 37.3 Å². The lowest BCUT2D eigenvalue weighted by atomic mass is 10.1. The number of benzene rings is 1. The molecule has 2 aromatic heterocycles. The average Bonchev–Trinajstić information content (AvgIpc) is 2.80. The minimum Gasteiger partial charge on any atom is -0.489 e. The molecule has 3 aromatic rings. The molecule has 0 bridgehead atoms.